The molecule has 3 rings (SSSR count). The van der Waals surface area contributed by atoms with Crippen molar-refractivity contribution in [1.82, 2.24) is 4.98 Å². The molecule has 0 bridgehead atoms. The Bertz CT molecular complexity index is 828. The topological polar surface area (TPSA) is 104 Å². The molecule has 1 unspecified atom stereocenters. The Morgan fingerprint density at radius 2 is 1.96 bits per heavy atom. The van der Waals surface area contributed by atoms with E-state index < -0.39 is 18.0 Å². The highest BCUT2D eigenvalue weighted by Crippen LogP contribution is 2.37. The monoisotopic (exact) mass is 385 g/mol. The Balaban J connectivity index is 1.77. The molecule has 8 nitrogen and oxygen atoms in total. The largest absolute Gasteiger partial charge is 0.472 e. The van der Waals surface area contributed by atoms with Gasteiger partial charge in [0.25, 0.3) is 5.91 Å². The second-order valence-corrected chi connectivity index (χ2v) is 6.22. The lowest BCUT2D eigenvalue weighted by molar-refractivity contribution is -0.145. The Kier molecular flexibility index (Phi) is 6.44. The number of anilines is 2. The number of ether oxygens (including phenoxy) is 3. The molecular formula is C20H23N3O5. The van der Waals surface area contributed by atoms with Crippen molar-refractivity contribution in [3.05, 3.63) is 48.0 Å². The molecule has 0 fully saturated rings. The van der Waals surface area contributed by atoms with Gasteiger partial charge in [0.2, 0.25) is 6.10 Å². The number of fused-ring (bicyclic) bond motifs is 1. The standard InChI is InChI=1S/C20H23N3O5/c1-2-10-26-11-12-27-17(24)13-23-19-15(8-9-16(21)22-19)28-18(20(23)25)14-6-4-3-5-7-14/h3-9,18H,2,10-13H2,1H3,(H2,21,22). The van der Waals surface area contributed by atoms with E-state index in [-0.39, 0.29) is 24.8 Å². The number of pyridine rings is 1. The van der Waals surface area contributed by atoms with Gasteiger partial charge in [-0.1, -0.05) is 37.3 Å². The van der Waals surface area contributed by atoms with Crippen LogP contribution in [0.2, 0.25) is 0 Å². The number of hydrogen-bond acceptors (Lipinski definition) is 7. The van der Waals surface area contributed by atoms with Crippen molar-refractivity contribution in [2.45, 2.75) is 19.4 Å². The van der Waals surface area contributed by atoms with E-state index in [0.717, 1.165) is 6.42 Å². The van der Waals surface area contributed by atoms with Gasteiger partial charge in [0.1, 0.15) is 19.0 Å². The molecular weight excluding hydrogens is 362 g/mol. The minimum absolute atomic E-state index is 0.122. The van der Waals surface area contributed by atoms with Gasteiger partial charge in [-0.3, -0.25) is 14.5 Å². The van der Waals surface area contributed by atoms with Crippen molar-refractivity contribution >= 4 is 23.5 Å². The highest BCUT2D eigenvalue weighted by Gasteiger charge is 2.37. The number of hydrogen-bond donors (Lipinski definition) is 1. The third-order valence-electron chi connectivity index (χ3n) is 4.08. The number of amides is 1. The van der Waals surface area contributed by atoms with Crippen LogP contribution in [0.5, 0.6) is 5.75 Å². The summed E-state index contributed by atoms with van der Waals surface area (Å²) in [6.45, 7) is 2.74. The summed E-state index contributed by atoms with van der Waals surface area (Å²) < 4.78 is 16.3. The third-order valence-corrected chi connectivity index (χ3v) is 4.08. The summed E-state index contributed by atoms with van der Waals surface area (Å²) in [7, 11) is 0. The number of carbonyl (C=O) groups is 2. The quantitative estimate of drug-likeness (QED) is 0.548. The zero-order chi connectivity index (χ0) is 19.9. The fourth-order valence-electron chi connectivity index (χ4n) is 2.79. The highest BCUT2D eigenvalue weighted by atomic mass is 16.6. The number of rotatable bonds is 8. The van der Waals surface area contributed by atoms with Gasteiger partial charge in [-0.05, 0) is 18.6 Å². The minimum Gasteiger partial charge on any atom is -0.472 e. The lowest BCUT2D eigenvalue weighted by Gasteiger charge is -2.33. The molecule has 0 saturated heterocycles. The first kappa shape index (κ1) is 19.6. The normalized spacial score (nSPS) is 15.7. The average Bonchev–Trinajstić information content (AvgIpc) is 2.70. The number of nitrogens with zero attached hydrogens (tertiary/aromatic N) is 2. The molecule has 0 aliphatic carbocycles. The molecule has 1 aliphatic rings. The van der Waals surface area contributed by atoms with Crippen molar-refractivity contribution in [2.75, 3.05) is 37.0 Å². The summed E-state index contributed by atoms with van der Waals surface area (Å²) in [5, 5.41) is 0. The number of aromatic nitrogens is 1. The van der Waals surface area contributed by atoms with Crippen LogP contribution in [-0.4, -0.2) is 43.2 Å². The van der Waals surface area contributed by atoms with Crippen molar-refractivity contribution in [3.8, 4) is 5.75 Å². The summed E-state index contributed by atoms with van der Waals surface area (Å²) in [5.74, 6) is -0.161. The molecule has 2 aromatic rings. The molecule has 0 saturated carbocycles. The third kappa shape index (κ3) is 4.58. The second kappa shape index (κ2) is 9.18. The molecule has 1 aromatic heterocycles. The zero-order valence-corrected chi connectivity index (χ0v) is 15.7. The Labute approximate surface area is 163 Å². The van der Waals surface area contributed by atoms with Crippen LogP contribution < -0.4 is 15.4 Å². The summed E-state index contributed by atoms with van der Waals surface area (Å²) in [4.78, 5) is 30.7. The van der Waals surface area contributed by atoms with Crippen molar-refractivity contribution in [3.63, 3.8) is 0 Å². The van der Waals surface area contributed by atoms with E-state index in [2.05, 4.69) is 4.98 Å². The second-order valence-electron chi connectivity index (χ2n) is 6.22. The molecule has 148 valence electrons. The molecule has 2 heterocycles. The van der Waals surface area contributed by atoms with Crippen molar-refractivity contribution < 1.29 is 23.8 Å². The van der Waals surface area contributed by atoms with Gasteiger partial charge >= 0.3 is 5.97 Å². The van der Waals surface area contributed by atoms with E-state index in [1.165, 1.54) is 4.90 Å². The van der Waals surface area contributed by atoms with E-state index in [0.29, 0.717) is 24.5 Å². The van der Waals surface area contributed by atoms with Gasteiger partial charge in [-0.2, -0.15) is 0 Å². The molecule has 8 heteroatoms. The van der Waals surface area contributed by atoms with Gasteiger partial charge in [0.15, 0.2) is 11.6 Å². The first-order chi connectivity index (χ1) is 13.6. The summed E-state index contributed by atoms with van der Waals surface area (Å²) >= 11 is 0. The minimum atomic E-state index is -0.875. The fraction of sp³-hybridized carbons (Fsp3) is 0.350. The van der Waals surface area contributed by atoms with Crippen LogP contribution in [0.15, 0.2) is 42.5 Å². The molecule has 0 radical (unpaired) electrons. The van der Waals surface area contributed by atoms with Crippen molar-refractivity contribution in [1.29, 1.82) is 0 Å². The lowest BCUT2D eigenvalue weighted by atomic mass is 10.1. The van der Waals surface area contributed by atoms with Crippen LogP contribution in [0.1, 0.15) is 25.0 Å². The van der Waals surface area contributed by atoms with Crippen LogP contribution in [0.4, 0.5) is 11.6 Å². The number of esters is 1. The maximum Gasteiger partial charge on any atom is 0.326 e. The molecule has 1 atom stereocenters. The molecule has 1 aliphatic heterocycles. The molecule has 28 heavy (non-hydrogen) atoms. The lowest BCUT2D eigenvalue weighted by Crippen LogP contribution is -2.45. The predicted molar refractivity (Wildman–Crippen MR) is 103 cm³/mol. The van der Waals surface area contributed by atoms with E-state index in [4.69, 9.17) is 19.9 Å². The summed E-state index contributed by atoms with van der Waals surface area (Å²) in [6, 6.07) is 12.3. The Morgan fingerprint density at radius 1 is 1.18 bits per heavy atom. The molecule has 0 spiro atoms. The van der Waals surface area contributed by atoms with Crippen LogP contribution in [0.3, 0.4) is 0 Å². The predicted octanol–water partition coefficient (Wildman–Crippen LogP) is 2.10. The van der Waals surface area contributed by atoms with E-state index in [1.807, 2.05) is 25.1 Å². The summed E-state index contributed by atoms with van der Waals surface area (Å²) in [6.07, 6.45) is 0.0147. The van der Waals surface area contributed by atoms with E-state index >= 15 is 0 Å². The van der Waals surface area contributed by atoms with Crippen LogP contribution in [0, 0.1) is 0 Å². The van der Waals surface area contributed by atoms with Gasteiger partial charge in [0, 0.05) is 12.2 Å². The maximum absolute atomic E-state index is 13.0. The molecule has 1 amide bonds. The molecule has 1 aromatic carbocycles. The van der Waals surface area contributed by atoms with Crippen LogP contribution >= 0.6 is 0 Å². The number of carbonyl (C=O) groups excluding carboxylic acids is 2. The van der Waals surface area contributed by atoms with Gasteiger partial charge < -0.3 is 19.9 Å². The average molecular weight is 385 g/mol. The Hall–Kier alpha value is -3.13. The molecule has 2 N–H and O–H groups in total. The van der Waals surface area contributed by atoms with E-state index in [1.54, 1.807) is 24.3 Å². The van der Waals surface area contributed by atoms with E-state index in [9.17, 15) is 9.59 Å². The first-order valence-corrected chi connectivity index (χ1v) is 9.13. The number of nitrogen functional groups attached to an aromatic ring is 1. The SMILES string of the molecule is CCCOCCOC(=O)CN1C(=O)C(c2ccccc2)Oc2ccc(N)nc21. The summed E-state index contributed by atoms with van der Waals surface area (Å²) in [5.41, 5.74) is 6.44. The van der Waals surface area contributed by atoms with Gasteiger partial charge in [0.05, 0.1) is 6.61 Å². The van der Waals surface area contributed by atoms with Crippen molar-refractivity contribution in [2.24, 2.45) is 0 Å². The smallest absolute Gasteiger partial charge is 0.326 e. The fourth-order valence-corrected chi connectivity index (χ4v) is 2.79. The van der Waals surface area contributed by atoms with Crippen LogP contribution in [-0.2, 0) is 19.1 Å². The maximum atomic E-state index is 13.0. The zero-order valence-electron chi connectivity index (χ0n) is 15.7. The highest BCUT2D eigenvalue weighted by molar-refractivity contribution is 6.02. The number of benzene rings is 1. The van der Waals surface area contributed by atoms with Crippen LogP contribution in [0.25, 0.3) is 0 Å². The Morgan fingerprint density at radius 3 is 2.71 bits per heavy atom. The number of nitrogens with two attached hydrogens (primary N) is 1. The van der Waals surface area contributed by atoms with Gasteiger partial charge in [-0.25, -0.2) is 4.98 Å². The van der Waals surface area contributed by atoms with Gasteiger partial charge in [-0.15, -0.1) is 0 Å². The first-order valence-electron chi connectivity index (χ1n) is 9.13.